The standard InChI is InChI=1S/C26H21ClF4N6O4S/c1-11-34-25(37(35-11)17-6-14(27)2-3-15(17)26(29,30)31)24-23(40)21(22(39)18(9-38)41-24)36-8-13(7-33-36)12-4-16(28)20-19(5-12)42-10-32-20/h2-8,10,18,21-24,38-40H,9H2,1H3/t18-,21+,22+,23-,24-/m1/s1. The molecule has 2 aromatic carbocycles. The van der Waals surface area contributed by atoms with E-state index in [0.29, 0.717) is 15.8 Å². The predicted octanol–water partition coefficient (Wildman–Crippen LogP) is 4.26. The highest BCUT2D eigenvalue weighted by Crippen LogP contribution is 2.41. The molecule has 1 saturated heterocycles. The summed E-state index contributed by atoms with van der Waals surface area (Å²) in [6.07, 6.45) is -7.76. The first kappa shape index (κ1) is 28.6. The van der Waals surface area contributed by atoms with Gasteiger partial charge in [-0.15, -0.1) is 11.3 Å². The van der Waals surface area contributed by atoms with Crippen LogP contribution < -0.4 is 0 Å². The molecular formula is C26H21ClF4N6O4S. The second-order valence-electron chi connectivity index (χ2n) is 9.70. The van der Waals surface area contributed by atoms with Crippen LogP contribution in [-0.2, 0) is 10.9 Å². The molecule has 3 N–H and O–H groups in total. The minimum atomic E-state index is -4.78. The summed E-state index contributed by atoms with van der Waals surface area (Å²) in [5.74, 6) is -0.677. The number of nitrogens with zero attached hydrogens (tertiary/aromatic N) is 6. The van der Waals surface area contributed by atoms with E-state index in [4.69, 9.17) is 16.3 Å². The van der Waals surface area contributed by atoms with Crippen molar-refractivity contribution in [3.8, 4) is 16.8 Å². The van der Waals surface area contributed by atoms with Gasteiger partial charge in [0.25, 0.3) is 0 Å². The van der Waals surface area contributed by atoms with Crippen molar-refractivity contribution >= 4 is 33.2 Å². The zero-order valence-corrected chi connectivity index (χ0v) is 23.0. The van der Waals surface area contributed by atoms with Crippen molar-refractivity contribution in [1.82, 2.24) is 29.5 Å². The first-order chi connectivity index (χ1) is 20.0. The van der Waals surface area contributed by atoms with E-state index in [-0.39, 0.29) is 22.2 Å². The van der Waals surface area contributed by atoms with Crippen molar-refractivity contribution in [2.75, 3.05) is 6.61 Å². The minimum Gasteiger partial charge on any atom is -0.394 e. The zero-order chi connectivity index (χ0) is 29.9. The lowest BCUT2D eigenvalue weighted by Gasteiger charge is -2.42. The Bertz CT molecular complexity index is 1780. The Morgan fingerprint density at radius 2 is 1.90 bits per heavy atom. The van der Waals surface area contributed by atoms with Gasteiger partial charge in [0.2, 0.25) is 0 Å². The number of aliphatic hydroxyl groups excluding tert-OH is 3. The lowest BCUT2D eigenvalue weighted by atomic mass is 9.92. The third-order valence-corrected chi connectivity index (χ3v) is 8.02. The van der Waals surface area contributed by atoms with Gasteiger partial charge in [-0.1, -0.05) is 11.6 Å². The fraction of sp³-hybridized carbons (Fsp3) is 0.308. The van der Waals surface area contributed by atoms with Gasteiger partial charge in [0.1, 0.15) is 41.8 Å². The Morgan fingerprint density at radius 1 is 1.12 bits per heavy atom. The first-order valence-corrected chi connectivity index (χ1v) is 13.7. The molecule has 0 saturated carbocycles. The van der Waals surface area contributed by atoms with E-state index < -0.39 is 60.3 Å². The molecule has 0 unspecified atom stereocenters. The smallest absolute Gasteiger partial charge is 0.394 e. The Hall–Kier alpha value is -3.47. The monoisotopic (exact) mass is 624 g/mol. The van der Waals surface area contributed by atoms with Crippen LogP contribution in [0.25, 0.3) is 27.0 Å². The highest BCUT2D eigenvalue weighted by molar-refractivity contribution is 7.16. The Morgan fingerprint density at radius 3 is 2.64 bits per heavy atom. The number of benzene rings is 2. The number of ether oxygens (including phenoxy) is 1. The third kappa shape index (κ3) is 4.95. The van der Waals surface area contributed by atoms with Crippen LogP contribution in [0.3, 0.4) is 0 Å². The van der Waals surface area contributed by atoms with Crippen LogP contribution in [0.2, 0.25) is 5.02 Å². The van der Waals surface area contributed by atoms with E-state index in [1.54, 1.807) is 6.07 Å². The fourth-order valence-corrected chi connectivity index (χ4v) is 5.98. The molecule has 1 aliphatic rings. The average Bonchev–Trinajstić information content (AvgIpc) is 3.68. The number of aliphatic hydroxyl groups is 3. The number of aromatic nitrogens is 6. The molecule has 0 spiro atoms. The highest BCUT2D eigenvalue weighted by Gasteiger charge is 2.48. The number of hydrogen-bond acceptors (Lipinski definition) is 9. The summed E-state index contributed by atoms with van der Waals surface area (Å²) < 4.78 is 64.9. The van der Waals surface area contributed by atoms with Crippen LogP contribution in [0, 0.1) is 12.7 Å². The van der Waals surface area contributed by atoms with Crippen molar-refractivity contribution in [1.29, 1.82) is 0 Å². The predicted molar refractivity (Wildman–Crippen MR) is 143 cm³/mol. The van der Waals surface area contributed by atoms with Gasteiger partial charge in [-0.2, -0.15) is 23.4 Å². The molecule has 3 aromatic heterocycles. The summed E-state index contributed by atoms with van der Waals surface area (Å²) in [5, 5.41) is 40.9. The van der Waals surface area contributed by atoms with Crippen molar-refractivity contribution < 1.29 is 37.6 Å². The molecule has 5 aromatic rings. The molecule has 220 valence electrons. The van der Waals surface area contributed by atoms with Crippen LogP contribution in [0.4, 0.5) is 17.6 Å². The topological polar surface area (TPSA) is 131 Å². The zero-order valence-electron chi connectivity index (χ0n) is 21.4. The molecule has 0 amide bonds. The minimum absolute atomic E-state index is 0.000715. The summed E-state index contributed by atoms with van der Waals surface area (Å²) in [6, 6.07) is 4.71. The van der Waals surface area contributed by atoms with Gasteiger partial charge in [0.15, 0.2) is 11.6 Å². The van der Waals surface area contributed by atoms with Crippen molar-refractivity contribution in [3.05, 3.63) is 76.3 Å². The molecule has 6 rings (SSSR count). The molecule has 10 nitrogen and oxygen atoms in total. The highest BCUT2D eigenvalue weighted by atomic mass is 35.5. The fourth-order valence-electron chi connectivity index (χ4n) is 5.08. The molecule has 42 heavy (non-hydrogen) atoms. The summed E-state index contributed by atoms with van der Waals surface area (Å²) in [6.45, 7) is 0.752. The van der Waals surface area contributed by atoms with Crippen LogP contribution in [-0.4, -0.2) is 69.8 Å². The van der Waals surface area contributed by atoms with Gasteiger partial charge < -0.3 is 20.1 Å². The van der Waals surface area contributed by atoms with Gasteiger partial charge in [0, 0.05) is 16.8 Å². The number of hydrogen-bond donors (Lipinski definition) is 3. The number of halogens is 5. The normalized spacial score (nSPS) is 23.1. The molecular weight excluding hydrogens is 604 g/mol. The lowest BCUT2D eigenvalue weighted by molar-refractivity contribution is -0.210. The summed E-state index contributed by atoms with van der Waals surface area (Å²) >= 11 is 7.29. The molecule has 1 aliphatic heterocycles. The van der Waals surface area contributed by atoms with E-state index in [1.165, 1.54) is 46.9 Å². The molecule has 4 heterocycles. The number of thiazole rings is 1. The van der Waals surface area contributed by atoms with E-state index in [0.717, 1.165) is 22.9 Å². The Labute approximate surface area is 243 Å². The van der Waals surface area contributed by atoms with E-state index >= 15 is 0 Å². The summed E-state index contributed by atoms with van der Waals surface area (Å²) in [4.78, 5) is 8.24. The summed E-state index contributed by atoms with van der Waals surface area (Å²) in [7, 11) is 0. The summed E-state index contributed by atoms with van der Waals surface area (Å²) in [5.41, 5.74) is 1.17. The Kier molecular flexibility index (Phi) is 7.27. The maximum Gasteiger partial charge on any atom is 0.418 e. The lowest BCUT2D eigenvalue weighted by Crippen LogP contribution is -2.53. The number of alkyl halides is 3. The largest absolute Gasteiger partial charge is 0.418 e. The van der Waals surface area contributed by atoms with Crippen molar-refractivity contribution in [2.45, 2.75) is 43.6 Å². The maximum absolute atomic E-state index is 14.6. The van der Waals surface area contributed by atoms with Crippen LogP contribution >= 0.6 is 22.9 Å². The molecule has 1 fully saturated rings. The van der Waals surface area contributed by atoms with Gasteiger partial charge in [0.05, 0.1) is 34.3 Å². The maximum atomic E-state index is 14.6. The quantitative estimate of drug-likeness (QED) is 0.247. The SMILES string of the molecule is Cc1nc([C@@H]2O[C@H](CO)[C@H](O)[C@H](n3cc(-c4cc(F)c5ncsc5c4)cn3)[C@H]2O)n(-c2cc(Cl)ccc2C(F)(F)F)n1. The van der Waals surface area contributed by atoms with Crippen molar-refractivity contribution in [2.24, 2.45) is 0 Å². The molecule has 0 aliphatic carbocycles. The van der Waals surface area contributed by atoms with Gasteiger partial charge in [-0.05, 0) is 42.8 Å². The second kappa shape index (κ2) is 10.7. The van der Waals surface area contributed by atoms with Crippen LogP contribution in [0.1, 0.15) is 29.4 Å². The molecule has 16 heteroatoms. The average molecular weight is 625 g/mol. The van der Waals surface area contributed by atoms with Crippen LogP contribution in [0.5, 0.6) is 0 Å². The van der Waals surface area contributed by atoms with Gasteiger partial charge >= 0.3 is 6.18 Å². The number of aryl methyl sites for hydroxylation is 1. The molecule has 5 atom stereocenters. The molecule has 0 radical (unpaired) electrons. The van der Waals surface area contributed by atoms with Gasteiger partial charge in [-0.25, -0.2) is 19.0 Å². The molecule has 0 bridgehead atoms. The van der Waals surface area contributed by atoms with Crippen molar-refractivity contribution in [3.63, 3.8) is 0 Å². The van der Waals surface area contributed by atoms with E-state index in [1.807, 2.05) is 0 Å². The Balaban J connectivity index is 1.41. The van der Waals surface area contributed by atoms with E-state index in [2.05, 4.69) is 20.2 Å². The van der Waals surface area contributed by atoms with E-state index in [9.17, 15) is 32.9 Å². The number of rotatable bonds is 5. The second-order valence-corrected chi connectivity index (χ2v) is 11.0. The van der Waals surface area contributed by atoms with Crippen LogP contribution in [0.15, 0.2) is 48.2 Å². The number of fused-ring (bicyclic) bond motifs is 1. The first-order valence-electron chi connectivity index (χ1n) is 12.5. The third-order valence-electron chi connectivity index (χ3n) is 7.01. The van der Waals surface area contributed by atoms with Gasteiger partial charge in [-0.3, -0.25) is 4.68 Å².